The molecular formula is C18H24N4O3S. The van der Waals surface area contributed by atoms with E-state index in [1.165, 1.54) is 4.31 Å². The second-order valence-corrected chi connectivity index (χ2v) is 8.65. The van der Waals surface area contributed by atoms with E-state index in [9.17, 15) is 13.2 Å². The molecule has 140 valence electrons. The van der Waals surface area contributed by atoms with E-state index < -0.39 is 10.0 Å². The van der Waals surface area contributed by atoms with Crippen LogP contribution >= 0.6 is 0 Å². The Hall–Kier alpha value is -2.19. The van der Waals surface area contributed by atoms with Gasteiger partial charge in [0.05, 0.1) is 11.1 Å². The zero-order valence-electron chi connectivity index (χ0n) is 15.1. The van der Waals surface area contributed by atoms with Gasteiger partial charge in [0.1, 0.15) is 0 Å². The van der Waals surface area contributed by atoms with E-state index in [1.54, 1.807) is 53.2 Å². The number of rotatable bonds is 5. The van der Waals surface area contributed by atoms with Crippen molar-refractivity contribution in [3.63, 3.8) is 0 Å². The Morgan fingerprint density at radius 3 is 2.46 bits per heavy atom. The fourth-order valence-corrected chi connectivity index (χ4v) is 4.79. The Balaban J connectivity index is 1.58. The third-order valence-electron chi connectivity index (χ3n) is 4.74. The number of aryl methyl sites for hydroxylation is 1. The first kappa shape index (κ1) is 18.6. The third kappa shape index (κ3) is 3.96. The lowest BCUT2D eigenvalue weighted by atomic mass is 9.96. The molecule has 0 radical (unpaired) electrons. The number of piperidine rings is 1. The number of nitrogens with zero attached hydrogens (tertiary/aromatic N) is 4. The van der Waals surface area contributed by atoms with Crippen LogP contribution in [0.15, 0.2) is 47.6 Å². The highest BCUT2D eigenvalue weighted by atomic mass is 32.2. The minimum absolute atomic E-state index is 0.0608. The molecule has 1 fully saturated rings. The molecule has 1 amide bonds. The molecule has 1 aromatic carbocycles. The van der Waals surface area contributed by atoms with Crippen molar-refractivity contribution in [1.82, 2.24) is 19.0 Å². The second-order valence-electron chi connectivity index (χ2n) is 6.71. The minimum atomic E-state index is -3.48. The number of sulfonamides is 1. The number of amides is 1. The fourth-order valence-electron chi connectivity index (χ4n) is 3.30. The van der Waals surface area contributed by atoms with Crippen LogP contribution in [0.1, 0.15) is 18.4 Å². The van der Waals surface area contributed by atoms with E-state index >= 15 is 0 Å². The van der Waals surface area contributed by atoms with Crippen LogP contribution < -0.4 is 0 Å². The van der Waals surface area contributed by atoms with Gasteiger partial charge in [0.25, 0.3) is 0 Å². The molecule has 0 saturated carbocycles. The topological polar surface area (TPSA) is 75.5 Å². The number of carbonyl (C=O) groups excluding carboxylic acids is 1. The lowest BCUT2D eigenvalue weighted by molar-refractivity contribution is -0.135. The van der Waals surface area contributed by atoms with Crippen molar-refractivity contribution in [1.29, 1.82) is 0 Å². The molecule has 26 heavy (non-hydrogen) atoms. The van der Waals surface area contributed by atoms with Gasteiger partial charge in [0.2, 0.25) is 15.9 Å². The number of carbonyl (C=O) groups is 1. The summed E-state index contributed by atoms with van der Waals surface area (Å²) in [6.45, 7) is 1.25. The molecule has 3 rings (SSSR count). The van der Waals surface area contributed by atoms with Gasteiger partial charge in [0, 0.05) is 51.4 Å². The van der Waals surface area contributed by atoms with Crippen molar-refractivity contribution >= 4 is 15.9 Å². The summed E-state index contributed by atoms with van der Waals surface area (Å²) in [5, 5.41) is 4.11. The number of benzene rings is 1. The van der Waals surface area contributed by atoms with Crippen LogP contribution in [-0.2, 0) is 28.4 Å². The van der Waals surface area contributed by atoms with E-state index in [4.69, 9.17) is 0 Å². The summed E-state index contributed by atoms with van der Waals surface area (Å²) in [6.07, 6.45) is 4.72. The molecule has 0 unspecified atom stereocenters. The molecule has 0 N–H and O–H groups in total. The minimum Gasteiger partial charge on any atom is -0.341 e. The Morgan fingerprint density at radius 1 is 1.23 bits per heavy atom. The van der Waals surface area contributed by atoms with E-state index in [1.807, 2.05) is 13.2 Å². The SMILES string of the molecule is CN(Cc1cnn(C)c1)C(=O)C1CCN(S(=O)(=O)c2ccccc2)CC1. The number of aromatic nitrogens is 2. The van der Waals surface area contributed by atoms with Crippen molar-refractivity contribution < 1.29 is 13.2 Å². The normalized spacial score (nSPS) is 16.5. The maximum absolute atomic E-state index is 12.7. The molecule has 1 aliphatic heterocycles. The zero-order valence-corrected chi connectivity index (χ0v) is 15.9. The number of hydrogen-bond acceptors (Lipinski definition) is 4. The maximum Gasteiger partial charge on any atom is 0.243 e. The van der Waals surface area contributed by atoms with Crippen LogP contribution in [0.5, 0.6) is 0 Å². The molecule has 0 spiro atoms. The largest absolute Gasteiger partial charge is 0.341 e. The lowest BCUT2D eigenvalue weighted by Gasteiger charge is -2.32. The highest BCUT2D eigenvalue weighted by Gasteiger charge is 2.33. The van der Waals surface area contributed by atoms with Gasteiger partial charge in [-0.1, -0.05) is 18.2 Å². The predicted octanol–water partition coefficient (Wildman–Crippen LogP) is 1.48. The first-order valence-corrected chi connectivity index (χ1v) is 10.1. The molecular weight excluding hydrogens is 352 g/mol. The molecule has 1 saturated heterocycles. The average molecular weight is 376 g/mol. The molecule has 2 heterocycles. The maximum atomic E-state index is 12.7. The molecule has 0 aliphatic carbocycles. The van der Waals surface area contributed by atoms with Gasteiger partial charge in [-0.2, -0.15) is 9.40 Å². The smallest absolute Gasteiger partial charge is 0.243 e. The monoisotopic (exact) mass is 376 g/mol. The Bertz CT molecular complexity index is 856. The molecule has 0 atom stereocenters. The van der Waals surface area contributed by atoms with Crippen LogP contribution in [0.4, 0.5) is 0 Å². The molecule has 1 aliphatic rings. The standard InChI is InChI=1S/C18H24N4O3S/c1-20(13-15-12-19-21(2)14-15)18(23)16-8-10-22(11-9-16)26(24,25)17-6-4-3-5-7-17/h3-7,12,14,16H,8-11,13H2,1-2H3. The van der Waals surface area contributed by atoms with Crippen LogP contribution in [0.2, 0.25) is 0 Å². The molecule has 2 aromatic rings. The van der Waals surface area contributed by atoms with Gasteiger partial charge in [-0.25, -0.2) is 8.42 Å². The van der Waals surface area contributed by atoms with Crippen molar-refractivity contribution in [3.05, 3.63) is 48.3 Å². The first-order chi connectivity index (χ1) is 12.4. The van der Waals surface area contributed by atoms with Crippen LogP contribution in [0.3, 0.4) is 0 Å². The van der Waals surface area contributed by atoms with Crippen LogP contribution in [0, 0.1) is 5.92 Å². The van der Waals surface area contributed by atoms with E-state index in [0.29, 0.717) is 37.4 Å². The van der Waals surface area contributed by atoms with Crippen molar-refractivity contribution in [2.45, 2.75) is 24.3 Å². The highest BCUT2D eigenvalue weighted by molar-refractivity contribution is 7.89. The van der Waals surface area contributed by atoms with Crippen molar-refractivity contribution in [3.8, 4) is 0 Å². The van der Waals surface area contributed by atoms with Gasteiger partial charge in [0.15, 0.2) is 0 Å². The molecule has 7 nitrogen and oxygen atoms in total. The Morgan fingerprint density at radius 2 is 1.88 bits per heavy atom. The van der Waals surface area contributed by atoms with Crippen molar-refractivity contribution in [2.24, 2.45) is 13.0 Å². The third-order valence-corrected chi connectivity index (χ3v) is 6.65. The lowest BCUT2D eigenvalue weighted by Crippen LogP contribution is -2.43. The summed E-state index contributed by atoms with van der Waals surface area (Å²) in [7, 11) is 0.142. The quantitative estimate of drug-likeness (QED) is 0.792. The van der Waals surface area contributed by atoms with Gasteiger partial charge in [-0.15, -0.1) is 0 Å². The molecule has 1 aromatic heterocycles. The summed E-state index contributed by atoms with van der Waals surface area (Å²) < 4.78 is 28.5. The first-order valence-electron chi connectivity index (χ1n) is 8.65. The summed E-state index contributed by atoms with van der Waals surface area (Å²) >= 11 is 0. The Labute approximate surface area is 154 Å². The average Bonchev–Trinajstić information content (AvgIpc) is 3.06. The van der Waals surface area contributed by atoms with Gasteiger partial charge in [-0.05, 0) is 25.0 Å². The number of hydrogen-bond donors (Lipinski definition) is 0. The van der Waals surface area contributed by atoms with Crippen LogP contribution in [0.25, 0.3) is 0 Å². The summed E-state index contributed by atoms with van der Waals surface area (Å²) in [5.41, 5.74) is 0.979. The van der Waals surface area contributed by atoms with Crippen molar-refractivity contribution in [2.75, 3.05) is 20.1 Å². The molecule has 8 heteroatoms. The highest BCUT2D eigenvalue weighted by Crippen LogP contribution is 2.25. The van der Waals surface area contributed by atoms with E-state index in [2.05, 4.69) is 5.10 Å². The second kappa shape index (κ2) is 7.59. The van der Waals surface area contributed by atoms with Gasteiger partial charge in [-0.3, -0.25) is 9.48 Å². The van der Waals surface area contributed by atoms with Crippen LogP contribution in [-0.4, -0.2) is 53.4 Å². The zero-order chi connectivity index (χ0) is 18.7. The van der Waals surface area contributed by atoms with Gasteiger partial charge < -0.3 is 4.90 Å². The summed E-state index contributed by atoms with van der Waals surface area (Å²) in [6, 6.07) is 8.44. The van der Waals surface area contributed by atoms with E-state index in [-0.39, 0.29) is 11.8 Å². The van der Waals surface area contributed by atoms with E-state index in [0.717, 1.165) is 5.56 Å². The predicted molar refractivity (Wildman–Crippen MR) is 97.6 cm³/mol. The summed E-state index contributed by atoms with van der Waals surface area (Å²) in [4.78, 5) is 14.7. The summed E-state index contributed by atoms with van der Waals surface area (Å²) in [5.74, 6) is -0.0792. The Kier molecular flexibility index (Phi) is 5.43. The molecule has 0 bridgehead atoms. The van der Waals surface area contributed by atoms with Gasteiger partial charge >= 0.3 is 0 Å². The fraction of sp³-hybridized carbons (Fsp3) is 0.444.